The lowest BCUT2D eigenvalue weighted by Gasteiger charge is -2.19. The van der Waals surface area contributed by atoms with Crippen molar-refractivity contribution in [2.45, 2.75) is 54.4 Å². The summed E-state index contributed by atoms with van der Waals surface area (Å²) in [4.78, 5) is 4.75. The minimum Gasteiger partial charge on any atom is -0.340 e. The molecule has 0 aliphatic carbocycles. The summed E-state index contributed by atoms with van der Waals surface area (Å²) in [5.74, 6) is 0.916. The Morgan fingerprint density at radius 1 is 0.826 bits per heavy atom. The third-order valence-electron chi connectivity index (χ3n) is 3.45. The van der Waals surface area contributed by atoms with E-state index in [1.54, 1.807) is 0 Å². The summed E-state index contributed by atoms with van der Waals surface area (Å²) in [5.41, 5.74) is 4.13. The molecule has 2 aromatic rings. The second-order valence-electron chi connectivity index (χ2n) is 8.81. The minimum atomic E-state index is 0.248. The first-order valence-corrected chi connectivity index (χ1v) is 8.43. The first-order chi connectivity index (χ1) is 10.6. The van der Waals surface area contributed by atoms with Gasteiger partial charge in [0.15, 0.2) is 0 Å². The smallest absolute Gasteiger partial charge is 0.130 e. The molecule has 0 fully saturated rings. The van der Waals surface area contributed by atoms with E-state index >= 15 is 0 Å². The second kappa shape index (κ2) is 6.74. The van der Waals surface area contributed by atoms with Crippen LogP contribution in [0.1, 0.15) is 52.8 Å². The molecule has 1 heterocycles. The lowest BCUT2D eigenvalue weighted by atomic mass is 9.88. The van der Waals surface area contributed by atoms with Crippen LogP contribution in [0.2, 0.25) is 0 Å². The van der Waals surface area contributed by atoms with Gasteiger partial charge in [-0.05, 0) is 53.5 Å². The Morgan fingerprint density at radius 2 is 1.48 bits per heavy atom. The predicted molar refractivity (Wildman–Crippen MR) is 100 cm³/mol. The van der Waals surface area contributed by atoms with Crippen molar-refractivity contribution in [1.29, 1.82) is 0 Å². The molecular formula is C21H30N2. The average molecular weight is 310 g/mol. The highest BCUT2D eigenvalue weighted by atomic mass is 15.0. The fourth-order valence-corrected chi connectivity index (χ4v) is 2.71. The molecule has 2 heteroatoms. The quantitative estimate of drug-likeness (QED) is 0.749. The van der Waals surface area contributed by atoms with Crippen molar-refractivity contribution in [3.8, 4) is 0 Å². The molecule has 23 heavy (non-hydrogen) atoms. The van der Waals surface area contributed by atoms with E-state index in [1.807, 2.05) is 6.07 Å². The Hall–Kier alpha value is -1.83. The molecule has 0 spiro atoms. The van der Waals surface area contributed by atoms with Crippen LogP contribution in [0, 0.1) is 10.8 Å². The van der Waals surface area contributed by atoms with Crippen molar-refractivity contribution < 1.29 is 0 Å². The van der Waals surface area contributed by atoms with Crippen molar-refractivity contribution in [3.63, 3.8) is 0 Å². The zero-order valence-corrected chi connectivity index (χ0v) is 15.4. The van der Waals surface area contributed by atoms with Crippen LogP contribution < -0.4 is 5.32 Å². The summed E-state index contributed by atoms with van der Waals surface area (Å²) in [5, 5.41) is 3.45. The normalized spacial score (nSPS) is 12.3. The van der Waals surface area contributed by atoms with Crippen molar-refractivity contribution in [2.24, 2.45) is 10.8 Å². The Labute approximate surface area is 141 Å². The molecule has 0 bridgehead atoms. The largest absolute Gasteiger partial charge is 0.340 e. The van der Waals surface area contributed by atoms with Crippen molar-refractivity contribution in [3.05, 3.63) is 53.7 Å². The Kier molecular flexibility index (Phi) is 5.13. The number of nitrogens with one attached hydrogen (secondary N) is 1. The Balaban J connectivity index is 2.13. The second-order valence-corrected chi connectivity index (χ2v) is 8.81. The molecule has 0 unspecified atom stereocenters. The van der Waals surface area contributed by atoms with Gasteiger partial charge in [-0.1, -0.05) is 59.7 Å². The maximum atomic E-state index is 4.75. The third kappa shape index (κ3) is 6.43. The summed E-state index contributed by atoms with van der Waals surface area (Å²) in [7, 11) is 0. The van der Waals surface area contributed by atoms with Gasteiger partial charge in [0, 0.05) is 11.4 Å². The lowest BCUT2D eigenvalue weighted by Crippen LogP contribution is -2.11. The van der Waals surface area contributed by atoms with Crippen molar-refractivity contribution >= 4 is 11.5 Å². The number of anilines is 2. The molecule has 0 aliphatic heterocycles. The maximum absolute atomic E-state index is 4.75. The van der Waals surface area contributed by atoms with Crippen molar-refractivity contribution in [1.82, 2.24) is 4.98 Å². The number of benzene rings is 1. The summed E-state index contributed by atoms with van der Waals surface area (Å²) in [6.07, 6.45) is 2.05. The van der Waals surface area contributed by atoms with Gasteiger partial charge in [-0.25, -0.2) is 4.98 Å². The summed E-state index contributed by atoms with van der Waals surface area (Å²) in [6, 6.07) is 14.8. The predicted octanol–water partition coefficient (Wildman–Crippen LogP) is 6.00. The zero-order chi connectivity index (χ0) is 17.1. The SMILES string of the molecule is CC(C)(C)Cc1cccc(Nc2cccc(CC(C)(C)C)n2)c1. The van der Waals surface area contributed by atoms with Crippen LogP contribution in [0.3, 0.4) is 0 Å². The molecule has 0 atom stereocenters. The molecular weight excluding hydrogens is 280 g/mol. The van der Waals surface area contributed by atoms with Gasteiger partial charge in [0.05, 0.1) is 0 Å². The van der Waals surface area contributed by atoms with E-state index in [1.165, 1.54) is 5.56 Å². The first kappa shape index (κ1) is 17.5. The van der Waals surface area contributed by atoms with E-state index < -0.39 is 0 Å². The first-order valence-electron chi connectivity index (χ1n) is 8.43. The van der Waals surface area contributed by atoms with E-state index in [0.717, 1.165) is 30.0 Å². The fraction of sp³-hybridized carbons (Fsp3) is 0.476. The fourth-order valence-electron chi connectivity index (χ4n) is 2.71. The highest BCUT2D eigenvalue weighted by Crippen LogP contribution is 2.24. The van der Waals surface area contributed by atoms with E-state index in [0.29, 0.717) is 5.41 Å². The number of hydrogen-bond donors (Lipinski definition) is 1. The van der Waals surface area contributed by atoms with Crippen LogP contribution in [0.4, 0.5) is 11.5 Å². The van der Waals surface area contributed by atoms with Gasteiger partial charge >= 0.3 is 0 Å². The molecule has 0 amide bonds. The van der Waals surface area contributed by atoms with Gasteiger partial charge in [0.1, 0.15) is 5.82 Å². The third-order valence-corrected chi connectivity index (χ3v) is 3.45. The van der Waals surface area contributed by atoms with Crippen LogP contribution in [-0.4, -0.2) is 4.98 Å². The van der Waals surface area contributed by atoms with E-state index in [2.05, 4.69) is 83.3 Å². The molecule has 0 aliphatic rings. The summed E-state index contributed by atoms with van der Waals surface area (Å²) >= 11 is 0. The Morgan fingerprint density at radius 3 is 2.13 bits per heavy atom. The topological polar surface area (TPSA) is 24.9 Å². The van der Waals surface area contributed by atoms with Gasteiger partial charge in [0.2, 0.25) is 0 Å². The number of rotatable bonds is 4. The average Bonchev–Trinajstić information content (AvgIpc) is 2.35. The van der Waals surface area contributed by atoms with Gasteiger partial charge in [-0.15, -0.1) is 0 Å². The van der Waals surface area contributed by atoms with Crippen LogP contribution in [0.25, 0.3) is 0 Å². The maximum Gasteiger partial charge on any atom is 0.130 e. The molecule has 1 aromatic carbocycles. The van der Waals surface area contributed by atoms with Crippen LogP contribution in [0.5, 0.6) is 0 Å². The zero-order valence-electron chi connectivity index (χ0n) is 15.4. The molecule has 1 N–H and O–H groups in total. The van der Waals surface area contributed by atoms with Gasteiger partial charge in [0.25, 0.3) is 0 Å². The molecule has 0 radical (unpaired) electrons. The van der Waals surface area contributed by atoms with Gasteiger partial charge in [-0.2, -0.15) is 0 Å². The van der Waals surface area contributed by atoms with Crippen LogP contribution in [0.15, 0.2) is 42.5 Å². The Bertz CT molecular complexity index is 588. The highest BCUT2D eigenvalue weighted by Gasteiger charge is 2.13. The number of hydrogen-bond acceptors (Lipinski definition) is 2. The number of pyridine rings is 1. The lowest BCUT2D eigenvalue weighted by molar-refractivity contribution is 0.406. The van der Waals surface area contributed by atoms with Gasteiger partial charge < -0.3 is 5.32 Å². The highest BCUT2D eigenvalue weighted by molar-refractivity contribution is 5.57. The molecule has 2 nitrogen and oxygen atoms in total. The molecule has 0 saturated carbocycles. The minimum absolute atomic E-state index is 0.248. The van der Waals surface area contributed by atoms with E-state index in [4.69, 9.17) is 4.98 Å². The van der Waals surface area contributed by atoms with Crippen LogP contribution in [-0.2, 0) is 12.8 Å². The number of aromatic nitrogens is 1. The molecule has 0 saturated heterocycles. The summed E-state index contributed by atoms with van der Waals surface area (Å²) in [6.45, 7) is 13.5. The molecule has 124 valence electrons. The summed E-state index contributed by atoms with van der Waals surface area (Å²) < 4.78 is 0. The monoisotopic (exact) mass is 310 g/mol. The number of nitrogens with zero attached hydrogens (tertiary/aromatic N) is 1. The van der Waals surface area contributed by atoms with Gasteiger partial charge in [-0.3, -0.25) is 0 Å². The molecule has 2 rings (SSSR count). The van der Waals surface area contributed by atoms with Crippen LogP contribution >= 0.6 is 0 Å². The van der Waals surface area contributed by atoms with E-state index in [-0.39, 0.29) is 5.41 Å². The van der Waals surface area contributed by atoms with E-state index in [9.17, 15) is 0 Å². The van der Waals surface area contributed by atoms with Crippen molar-refractivity contribution in [2.75, 3.05) is 5.32 Å². The standard InChI is InChI=1S/C21H30N2/c1-20(2,3)14-16-9-7-10-17(13-16)22-19-12-8-11-18(23-19)15-21(4,5)6/h7-13H,14-15H2,1-6H3,(H,22,23). The molecule has 1 aromatic heterocycles.